The Morgan fingerprint density at radius 3 is 1.08 bits per heavy atom. The molecule has 0 spiro atoms. The first-order chi connectivity index (χ1) is 25.9. The summed E-state index contributed by atoms with van der Waals surface area (Å²) < 4.78 is 7.84. The predicted octanol–water partition coefficient (Wildman–Crippen LogP) is 11.3. The van der Waals surface area contributed by atoms with Crippen molar-refractivity contribution in [3.63, 3.8) is 0 Å². The summed E-state index contributed by atoms with van der Waals surface area (Å²) in [5.74, 6) is 1.83. The van der Waals surface area contributed by atoms with E-state index in [-0.39, 0.29) is 11.8 Å². The SMILES string of the molecule is O=C(CSC(=S)N(C1CCCCC1)C1CCCCC1)Nc1ccc(Oc2ccc(NC(=O)CSC(=S)N(C3CCCCC3)C3CCCCC3)cc2)cc1. The Labute approximate surface area is 336 Å². The first-order valence-electron chi connectivity index (χ1n) is 20.3. The molecule has 0 saturated heterocycles. The summed E-state index contributed by atoms with van der Waals surface area (Å²) in [6.45, 7) is 0. The standard InChI is InChI=1S/C42H58N4O3S4/c47-39(29-52-41(50)45(33-13-5-1-6-14-33)34-15-7-2-8-16-34)43-31-21-25-37(26-22-31)49-38-27-23-32(24-28-38)44-40(48)30-53-42(51)46(35-17-9-3-10-18-35)36-19-11-4-12-20-36/h21-28,33-36H,1-20,29-30H2,(H,43,47)(H,44,48). The van der Waals surface area contributed by atoms with E-state index in [0.717, 1.165) is 20.0 Å². The van der Waals surface area contributed by atoms with Gasteiger partial charge < -0.3 is 25.2 Å². The van der Waals surface area contributed by atoms with Gasteiger partial charge in [0, 0.05) is 35.5 Å². The maximum Gasteiger partial charge on any atom is 0.234 e. The second-order valence-electron chi connectivity index (χ2n) is 15.3. The Hall–Kier alpha value is -2.34. The van der Waals surface area contributed by atoms with E-state index in [1.54, 1.807) is 0 Å². The number of rotatable bonds is 12. The molecule has 2 aromatic carbocycles. The molecule has 4 fully saturated rings. The Kier molecular flexibility index (Phi) is 16.1. The molecule has 0 aromatic heterocycles. The minimum absolute atomic E-state index is 0.0538. The number of hydrogen-bond acceptors (Lipinski definition) is 7. The van der Waals surface area contributed by atoms with Gasteiger partial charge in [0.05, 0.1) is 11.5 Å². The molecule has 2 aromatic rings. The zero-order chi connectivity index (χ0) is 36.8. The highest BCUT2D eigenvalue weighted by Crippen LogP contribution is 2.35. The van der Waals surface area contributed by atoms with Crippen LogP contribution in [-0.2, 0) is 9.59 Å². The second-order valence-corrected chi connectivity index (χ2v) is 18.6. The van der Waals surface area contributed by atoms with E-state index in [2.05, 4.69) is 20.4 Å². The number of anilines is 2. The summed E-state index contributed by atoms with van der Waals surface area (Å²) in [7, 11) is 0. The lowest BCUT2D eigenvalue weighted by molar-refractivity contribution is -0.114. The van der Waals surface area contributed by atoms with Crippen molar-refractivity contribution in [3.05, 3.63) is 48.5 Å². The van der Waals surface area contributed by atoms with Crippen molar-refractivity contribution in [2.75, 3.05) is 22.1 Å². The summed E-state index contributed by atoms with van der Waals surface area (Å²) in [5.41, 5.74) is 1.45. The van der Waals surface area contributed by atoms with Gasteiger partial charge in [-0.15, -0.1) is 0 Å². The van der Waals surface area contributed by atoms with E-state index < -0.39 is 0 Å². The molecule has 53 heavy (non-hydrogen) atoms. The maximum atomic E-state index is 12.9. The highest BCUT2D eigenvalue weighted by atomic mass is 32.2. The first kappa shape index (κ1) is 40.3. The summed E-state index contributed by atoms with van der Waals surface area (Å²) in [4.78, 5) is 30.9. The summed E-state index contributed by atoms with van der Waals surface area (Å²) >= 11 is 14.9. The number of thiocarbonyl (C=S) groups is 2. The number of nitrogens with one attached hydrogen (secondary N) is 2. The van der Waals surface area contributed by atoms with Gasteiger partial charge in [0.15, 0.2) is 0 Å². The molecule has 0 atom stereocenters. The van der Waals surface area contributed by atoms with Gasteiger partial charge in [0.2, 0.25) is 11.8 Å². The topological polar surface area (TPSA) is 73.9 Å². The molecule has 0 unspecified atom stereocenters. The number of carbonyl (C=O) groups excluding carboxylic acids is 2. The minimum Gasteiger partial charge on any atom is -0.457 e. The number of ether oxygens (including phenoxy) is 1. The summed E-state index contributed by atoms with van der Waals surface area (Å²) in [5, 5.41) is 6.04. The molecule has 4 aliphatic carbocycles. The van der Waals surface area contributed by atoms with Gasteiger partial charge in [-0.25, -0.2) is 0 Å². The highest BCUT2D eigenvalue weighted by molar-refractivity contribution is 8.23. The molecule has 4 saturated carbocycles. The Morgan fingerprint density at radius 2 is 0.792 bits per heavy atom. The van der Waals surface area contributed by atoms with Crippen molar-refractivity contribution >= 4 is 79.8 Å². The van der Waals surface area contributed by atoms with Gasteiger partial charge in [-0.1, -0.05) is 125 Å². The van der Waals surface area contributed by atoms with Crippen molar-refractivity contribution in [1.82, 2.24) is 9.80 Å². The van der Waals surface area contributed by atoms with Crippen LogP contribution in [0.5, 0.6) is 11.5 Å². The molecule has 0 bridgehead atoms. The molecule has 0 aliphatic heterocycles. The molecule has 4 aliphatic rings. The summed E-state index contributed by atoms with van der Waals surface area (Å²) in [6.07, 6.45) is 25.2. The lowest BCUT2D eigenvalue weighted by atomic mass is 9.89. The van der Waals surface area contributed by atoms with Crippen molar-refractivity contribution in [2.24, 2.45) is 0 Å². The summed E-state index contributed by atoms with van der Waals surface area (Å²) in [6, 6.07) is 16.9. The van der Waals surface area contributed by atoms with Crippen LogP contribution in [0.4, 0.5) is 11.4 Å². The molecule has 7 nitrogen and oxygen atoms in total. The predicted molar refractivity (Wildman–Crippen MR) is 231 cm³/mol. The minimum atomic E-state index is -0.0538. The van der Waals surface area contributed by atoms with Gasteiger partial charge in [-0.2, -0.15) is 0 Å². The average molecular weight is 795 g/mol. The first-order valence-corrected chi connectivity index (χ1v) is 23.1. The Morgan fingerprint density at radius 1 is 0.509 bits per heavy atom. The van der Waals surface area contributed by atoms with Crippen LogP contribution in [0.25, 0.3) is 0 Å². The molecule has 2 amide bonds. The molecule has 0 radical (unpaired) electrons. The lowest BCUT2D eigenvalue weighted by Crippen LogP contribution is -2.47. The largest absolute Gasteiger partial charge is 0.457 e. The van der Waals surface area contributed by atoms with Crippen molar-refractivity contribution in [2.45, 2.75) is 153 Å². The number of benzene rings is 2. The van der Waals surface area contributed by atoms with Crippen LogP contribution in [0.3, 0.4) is 0 Å². The fourth-order valence-electron chi connectivity index (χ4n) is 8.78. The fraction of sp³-hybridized carbons (Fsp3) is 0.619. The fourth-order valence-corrected chi connectivity index (χ4v) is 11.3. The van der Waals surface area contributed by atoms with Gasteiger partial charge in [-0.05, 0) is 99.9 Å². The molecule has 11 heteroatoms. The van der Waals surface area contributed by atoms with Crippen LogP contribution in [0.1, 0.15) is 128 Å². The van der Waals surface area contributed by atoms with Crippen molar-refractivity contribution in [1.29, 1.82) is 0 Å². The zero-order valence-electron chi connectivity index (χ0n) is 31.2. The van der Waals surface area contributed by atoms with Crippen LogP contribution in [-0.4, -0.2) is 65.9 Å². The van der Waals surface area contributed by atoms with Crippen LogP contribution >= 0.6 is 48.0 Å². The van der Waals surface area contributed by atoms with E-state index in [1.165, 1.54) is 152 Å². The maximum absolute atomic E-state index is 12.9. The quantitative estimate of drug-likeness (QED) is 0.204. The number of thioether (sulfide) groups is 2. The van der Waals surface area contributed by atoms with E-state index in [4.69, 9.17) is 29.2 Å². The van der Waals surface area contributed by atoms with Crippen LogP contribution in [0.15, 0.2) is 48.5 Å². The molecule has 0 heterocycles. The zero-order valence-corrected chi connectivity index (χ0v) is 34.5. The van der Waals surface area contributed by atoms with Crippen LogP contribution in [0, 0.1) is 0 Å². The second kappa shape index (κ2) is 21.1. The monoisotopic (exact) mass is 794 g/mol. The number of nitrogens with zero attached hydrogens (tertiary/aromatic N) is 2. The molecular weight excluding hydrogens is 737 g/mol. The Balaban J connectivity index is 0.926. The smallest absolute Gasteiger partial charge is 0.234 e. The molecule has 2 N–H and O–H groups in total. The number of amides is 2. The van der Waals surface area contributed by atoms with E-state index >= 15 is 0 Å². The number of carbonyl (C=O) groups is 2. The lowest BCUT2D eigenvalue weighted by Gasteiger charge is -2.43. The third-order valence-corrected chi connectivity index (χ3v) is 14.3. The van der Waals surface area contributed by atoms with E-state index in [0.29, 0.717) is 47.2 Å². The van der Waals surface area contributed by atoms with Gasteiger partial charge in [-0.3, -0.25) is 9.59 Å². The molecular formula is C42H58N4O3S4. The van der Waals surface area contributed by atoms with E-state index in [9.17, 15) is 9.59 Å². The van der Waals surface area contributed by atoms with Gasteiger partial charge >= 0.3 is 0 Å². The van der Waals surface area contributed by atoms with E-state index in [1.807, 2.05) is 48.5 Å². The normalized spacial score (nSPS) is 19.2. The van der Waals surface area contributed by atoms with Gasteiger partial charge in [0.25, 0.3) is 0 Å². The van der Waals surface area contributed by atoms with Crippen molar-refractivity contribution < 1.29 is 14.3 Å². The highest BCUT2D eigenvalue weighted by Gasteiger charge is 2.32. The molecule has 6 rings (SSSR count). The van der Waals surface area contributed by atoms with Crippen LogP contribution < -0.4 is 15.4 Å². The average Bonchev–Trinajstić information content (AvgIpc) is 3.20. The number of hydrogen-bond donors (Lipinski definition) is 2. The van der Waals surface area contributed by atoms with Crippen molar-refractivity contribution in [3.8, 4) is 11.5 Å². The third kappa shape index (κ3) is 12.3. The van der Waals surface area contributed by atoms with Gasteiger partial charge in [0.1, 0.15) is 20.1 Å². The third-order valence-electron chi connectivity index (χ3n) is 11.5. The van der Waals surface area contributed by atoms with Crippen LogP contribution in [0.2, 0.25) is 0 Å². The Bertz CT molecular complexity index is 1340. The molecule has 288 valence electrons.